The summed E-state index contributed by atoms with van der Waals surface area (Å²) in [5, 5.41) is 15.0. The van der Waals surface area contributed by atoms with Crippen molar-refractivity contribution in [2.45, 2.75) is 63.4 Å². The van der Waals surface area contributed by atoms with Crippen molar-refractivity contribution in [1.82, 2.24) is 9.55 Å². The zero-order chi connectivity index (χ0) is 27.0. The molecule has 11 nitrogen and oxygen atoms in total. The van der Waals surface area contributed by atoms with E-state index >= 15 is 0 Å². The van der Waals surface area contributed by atoms with Gasteiger partial charge in [0, 0.05) is 31.1 Å². The van der Waals surface area contributed by atoms with Gasteiger partial charge in [-0.2, -0.15) is 13.8 Å². The Morgan fingerprint density at radius 1 is 1.14 bits per heavy atom. The van der Waals surface area contributed by atoms with Gasteiger partial charge in [0.15, 0.2) is 0 Å². The predicted molar refractivity (Wildman–Crippen MR) is 127 cm³/mol. The maximum absolute atomic E-state index is 14.7. The fourth-order valence-electron chi connectivity index (χ4n) is 3.75. The normalized spacial score (nSPS) is 20.3. The van der Waals surface area contributed by atoms with Crippen molar-refractivity contribution < 1.29 is 37.7 Å². The number of amides is 2. The number of rotatable bonds is 11. The van der Waals surface area contributed by atoms with Crippen LogP contribution in [0.1, 0.15) is 45.3 Å². The van der Waals surface area contributed by atoms with Crippen LogP contribution in [0.15, 0.2) is 47.4 Å². The minimum Gasteiger partial charge on any atom is -0.450 e. The molecule has 13 heteroatoms. The standard InChI is InChI=1S/C24H28F2N4O7/c1-2-36-23(35)29-18-12-13-30(22(34)28-18)21-24(25,26)20(33)17(37-21)14-16(31)10-6-7-11-19(32)27-15-8-4-3-5-9-15/h3-5,8-9,12-13,17,20-21,33H,2,6-7,10-11,14H2,1H3,(H,27,32)(H,28,29,34,35)/t17-,20-,21-/m1/s1. The van der Waals surface area contributed by atoms with E-state index in [0.717, 1.165) is 12.3 Å². The highest BCUT2D eigenvalue weighted by atomic mass is 19.3. The average Bonchev–Trinajstić information content (AvgIpc) is 3.06. The predicted octanol–water partition coefficient (Wildman–Crippen LogP) is 2.86. The van der Waals surface area contributed by atoms with Gasteiger partial charge in [0.05, 0.1) is 12.7 Å². The van der Waals surface area contributed by atoms with Gasteiger partial charge < -0.3 is 19.9 Å². The monoisotopic (exact) mass is 522 g/mol. The van der Waals surface area contributed by atoms with E-state index in [4.69, 9.17) is 4.74 Å². The molecular weight excluding hydrogens is 494 g/mol. The van der Waals surface area contributed by atoms with E-state index in [1.54, 1.807) is 31.2 Å². The van der Waals surface area contributed by atoms with E-state index < -0.39 is 48.3 Å². The largest absolute Gasteiger partial charge is 0.450 e. The Kier molecular flexibility index (Phi) is 9.42. The summed E-state index contributed by atoms with van der Waals surface area (Å²) in [4.78, 5) is 51.5. The van der Waals surface area contributed by atoms with Crippen molar-refractivity contribution in [1.29, 1.82) is 0 Å². The van der Waals surface area contributed by atoms with Crippen LogP contribution in [0.2, 0.25) is 0 Å². The maximum Gasteiger partial charge on any atom is 0.412 e. The average molecular weight is 523 g/mol. The topological polar surface area (TPSA) is 149 Å². The molecule has 0 unspecified atom stereocenters. The summed E-state index contributed by atoms with van der Waals surface area (Å²) < 4.78 is 39.9. The molecule has 2 amide bonds. The van der Waals surface area contributed by atoms with Crippen LogP contribution in [0, 0.1) is 0 Å². The molecule has 37 heavy (non-hydrogen) atoms. The number of hydrogen-bond acceptors (Lipinski definition) is 8. The molecule has 3 atom stereocenters. The van der Waals surface area contributed by atoms with Crippen molar-refractivity contribution in [3.63, 3.8) is 0 Å². The first kappa shape index (κ1) is 27.9. The molecule has 1 fully saturated rings. The molecule has 0 saturated carbocycles. The summed E-state index contributed by atoms with van der Waals surface area (Å²) in [5.74, 6) is -4.74. The fourth-order valence-corrected chi connectivity index (χ4v) is 3.75. The number of benzene rings is 1. The minimum atomic E-state index is -3.89. The Labute approximate surface area is 210 Å². The number of hydrogen-bond donors (Lipinski definition) is 3. The molecule has 3 N–H and O–H groups in total. The summed E-state index contributed by atoms with van der Waals surface area (Å²) in [6, 6.07) is 9.98. The Hall–Kier alpha value is -3.71. The van der Waals surface area contributed by atoms with E-state index in [9.17, 15) is 33.1 Å². The van der Waals surface area contributed by atoms with Gasteiger partial charge >= 0.3 is 17.7 Å². The molecule has 1 saturated heterocycles. The SMILES string of the molecule is CCOC(=O)Nc1ccn([C@@H]2O[C@H](CC(=O)CCCCC(=O)Nc3ccccc3)[C@@H](O)C2(F)F)c(=O)n1. The zero-order valence-electron chi connectivity index (χ0n) is 20.1. The van der Waals surface area contributed by atoms with Crippen molar-refractivity contribution in [3.05, 3.63) is 53.1 Å². The molecule has 1 aromatic carbocycles. The number of ether oxygens (including phenoxy) is 2. The van der Waals surface area contributed by atoms with Crippen LogP contribution in [-0.4, -0.2) is 57.2 Å². The number of halogens is 2. The molecule has 0 radical (unpaired) electrons. The summed E-state index contributed by atoms with van der Waals surface area (Å²) in [5.41, 5.74) is -0.502. The number of alkyl halides is 2. The van der Waals surface area contributed by atoms with Crippen LogP contribution in [-0.2, 0) is 19.1 Å². The second-order valence-electron chi connectivity index (χ2n) is 8.36. The number of aromatic nitrogens is 2. The lowest BCUT2D eigenvalue weighted by Gasteiger charge is -2.21. The lowest BCUT2D eigenvalue weighted by Crippen LogP contribution is -2.41. The number of para-hydroxylation sites is 1. The van der Waals surface area contributed by atoms with E-state index in [0.29, 0.717) is 23.1 Å². The number of nitrogens with zero attached hydrogens (tertiary/aromatic N) is 2. The molecule has 2 aromatic rings. The lowest BCUT2D eigenvalue weighted by molar-refractivity contribution is -0.141. The van der Waals surface area contributed by atoms with Crippen LogP contribution in [0.3, 0.4) is 0 Å². The first-order chi connectivity index (χ1) is 17.6. The molecule has 200 valence electrons. The Morgan fingerprint density at radius 3 is 2.51 bits per heavy atom. The maximum atomic E-state index is 14.7. The molecule has 0 spiro atoms. The number of nitrogens with one attached hydrogen (secondary N) is 2. The third kappa shape index (κ3) is 7.40. The molecule has 0 aliphatic carbocycles. The lowest BCUT2D eigenvalue weighted by atomic mass is 10.0. The Morgan fingerprint density at radius 2 is 1.84 bits per heavy atom. The van der Waals surface area contributed by atoms with Gasteiger partial charge in [-0.1, -0.05) is 18.2 Å². The van der Waals surface area contributed by atoms with Gasteiger partial charge in [0.1, 0.15) is 17.7 Å². The highest BCUT2D eigenvalue weighted by Crippen LogP contribution is 2.43. The highest BCUT2D eigenvalue weighted by molar-refractivity contribution is 5.90. The van der Waals surface area contributed by atoms with Gasteiger partial charge in [-0.05, 0) is 38.0 Å². The Bertz CT molecular complexity index is 1160. The van der Waals surface area contributed by atoms with Gasteiger partial charge in [-0.25, -0.2) is 9.59 Å². The van der Waals surface area contributed by atoms with E-state index in [-0.39, 0.29) is 31.2 Å². The van der Waals surface area contributed by atoms with Gasteiger partial charge in [0.2, 0.25) is 12.1 Å². The number of Topliss-reactive ketones (excluding diaryl/α,β-unsaturated/α-hetero) is 1. The van der Waals surface area contributed by atoms with Crippen molar-refractivity contribution in [2.75, 3.05) is 17.2 Å². The molecule has 2 heterocycles. The molecular formula is C24H28F2N4O7. The molecule has 1 aromatic heterocycles. The molecule has 3 rings (SSSR count). The summed E-state index contributed by atoms with van der Waals surface area (Å²) in [6.45, 7) is 1.65. The smallest absolute Gasteiger partial charge is 0.412 e. The summed E-state index contributed by atoms with van der Waals surface area (Å²) >= 11 is 0. The molecule has 1 aliphatic rings. The first-order valence-electron chi connectivity index (χ1n) is 11.7. The number of anilines is 2. The number of ketones is 1. The van der Waals surface area contributed by atoms with Crippen LogP contribution in [0.25, 0.3) is 0 Å². The van der Waals surface area contributed by atoms with Crippen LogP contribution in [0.5, 0.6) is 0 Å². The minimum absolute atomic E-state index is 0.0111. The fraction of sp³-hybridized carbons (Fsp3) is 0.458. The van der Waals surface area contributed by atoms with Crippen LogP contribution in [0.4, 0.5) is 25.1 Å². The van der Waals surface area contributed by atoms with Crippen molar-refractivity contribution >= 4 is 29.3 Å². The third-order valence-corrected chi connectivity index (χ3v) is 5.56. The Balaban J connectivity index is 1.51. The number of unbranched alkanes of at least 4 members (excludes halogenated alkanes) is 1. The zero-order valence-corrected chi connectivity index (χ0v) is 20.1. The number of carbonyl (C=O) groups is 3. The van der Waals surface area contributed by atoms with Crippen molar-refractivity contribution in [2.24, 2.45) is 0 Å². The van der Waals surface area contributed by atoms with E-state index in [1.165, 1.54) is 0 Å². The quantitative estimate of drug-likeness (QED) is 0.382. The highest BCUT2D eigenvalue weighted by Gasteiger charge is 2.59. The molecule has 1 aliphatic heterocycles. The van der Waals surface area contributed by atoms with Gasteiger partial charge in [0.25, 0.3) is 0 Å². The second kappa shape index (κ2) is 12.5. The number of carbonyl (C=O) groups excluding carboxylic acids is 3. The van der Waals surface area contributed by atoms with E-state index in [1.807, 2.05) is 6.07 Å². The van der Waals surface area contributed by atoms with Crippen molar-refractivity contribution in [3.8, 4) is 0 Å². The van der Waals surface area contributed by atoms with Crippen LogP contribution >= 0.6 is 0 Å². The third-order valence-electron chi connectivity index (χ3n) is 5.56. The number of aliphatic hydroxyl groups is 1. The van der Waals surface area contributed by atoms with Gasteiger partial charge in [-0.3, -0.25) is 19.5 Å². The summed E-state index contributed by atoms with van der Waals surface area (Å²) in [7, 11) is 0. The molecule has 0 bridgehead atoms. The van der Waals surface area contributed by atoms with Crippen LogP contribution < -0.4 is 16.3 Å². The first-order valence-corrected chi connectivity index (χ1v) is 11.7. The second-order valence-corrected chi connectivity index (χ2v) is 8.36. The number of aliphatic hydroxyl groups excluding tert-OH is 1. The summed E-state index contributed by atoms with van der Waals surface area (Å²) in [6.07, 6.45) is -5.55. The van der Waals surface area contributed by atoms with Gasteiger partial charge in [-0.15, -0.1) is 0 Å². The van der Waals surface area contributed by atoms with E-state index in [2.05, 4.69) is 20.4 Å².